The highest BCUT2D eigenvalue weighted by Crippen LogP contribution is 2.27. The summed E-state index contributed by atoms with van der Waals surface area (Å²) in [6, 6.07) is 8.38. The molecule has 0 fully saturated rings. The van der Waals surface area contributed by atoms with Crippen molar-refractivity contribution in [3.8, 4) is 5.75 Å². The second-order valence-electron chi connectivity index (χ2n) is 6.69. The fourth-order valence-corrected chi connectivity index (χ4v) is 3.06. The van der Waals surface area contributed by atoms with Gasteiger partial charge in [0, 0.05) is 32.2 Å². The Kier molecular flexibility index (Phi) is 5.38. The van der Waals surface area contributed by atoms with Crippen LogP contribution < -0.4 is 15.0 Å². The standard InChI is InChI=1S/C19H27N5O/c1-14-21-18(20-8-10-23(2)3)12-19(22-14)24-9-7-15-11-17(25-4)6-5-16(15)13-24/h5-6,11-12H,7-10,13H2,1-4H3,(H,20,21,22). The summed E-state index contributed by atoms with van der Waals surface area (Å²) >= 11 is 0. The van der Waals surface area contributed by atoms with Gasteiger partial charge < -0.3 is 19.9 Å². The lowest BCUT2D eigenvalue weighted by atomic mass is 9.99. The van der Waals surface area contributed by atoms with Crippen molar-refractivity contribution >= 4 is 11.6 Å². The van der Waals surface area contributed by atoms with Crippen molar-refractivity contribution in [2.45, 2.75) is 19.9 Å². The number of methoxy groups -OCH3 is 1. The molecular formula is C19H27N5O. The highest BCUT2D eigenvalue weighted by molar-refractivity contribution is 5.52. The Morgan fingerprint density at radius 1 is 1.20 bits per heavy atom. The van der Waals surface area contributed by atoms with Crippen molar-refractivity contribution in [3.63, 3.8) is 0 Å². The number of nitrogens with one attached hydrogen (secondary N) is 1. The van der Waals surface area contributed by atoms with Crippen molar-refractivity contribution in [3.05, 3.63) is 41.2 Å². The number of ether oxygens (including phenoxy) is 1. The molecule has 1 aliphatic heterocycles. The van der Waals surface area contributed by atoms with Gasteiger partial charge in [-0.05, 0) is 50.7 Å². The summed E-state index contributed by atoms with van der Waals surface area (Å²) in [5.41, 5.74) is 2.70. The maximum absolute atomic E-state index is 5.33. The summed E-state index contributed by atoms with van der Waals surface area (Å²) < 4.78 is 5.33. The first-order chi connectivity index (χ1) is 12.0. The zero-order valence-electron chi connectivity index (χ0n) is 15.5. The van der Waals surface area contributed by atoms with E-state index in [0.29, 0.717) is 0 Å². The van der Waals surface area contributed by atoms with Crippen LogP contribution >= 0.6 is 0 Å². The highest BCUT2D eigenvalue weighted by Gasteiger charge is 2.19. The fraction of sp³-hybridized carbons (Fsp3) is 0.474. The summed E-state index contributed by atoms with van der Waals surface area (Å²) in [6.07, 6.45) is 0.999. The molecule has 6 nitrogen and oxygen atoms in total. The number of hydrogen-bond donors (Lipinski definition) is 1. The van der Waals surface area contributed by atoms with E-state index in [4.69, 9.17) is 4.74 Å². The summed E-state index contributed by atoms with van der Waals surface area (Å²) in [5, 5.41) is 3.39. The first-order valence-electron chi connectivity index (χ1n) is 8.70. The van der Waals surface area contributed by atoms with Gasteiger partial charge in [0.05, 0.1) is 7.11 Å². The molecule has 0 atom stereocenters. The normalized spacial score (nSPS) is 13.7. The number of benzene rings is 1. The van der Waals surface area contributed by atoms with E-state index >= 15 is 0 Å². The molecule has 0 radical (unpaired) electrons. The van der Waals surface area contributed by atoms with E-state index < -0.39 is 0 Å². The third kappa shape index (κ3) is 4.39. The van der Waals surface area contributed by atoms with Crippen LogP contribution in [0.5, 0.6) is 5.75 Å². The van der Waals surface area contributed by atoms with Crippen LogP contribution in [0.3, 0.4) is 0 Å². The molecule has 0 spiro atoms. The molecule has 134 valence electrons. The second-order valence-corrected chi connectivity index (χ2v) is 6.69. The number of aryl methyl sites for hydroxylation is 1. The van der Waals surface area contributed by atoms with Crippen LogP contribution in [0.1, 0.15) is 17.0 Å². The SMILES string of the molecule is COc1ccc2c(c1)CCN(c1cc(NCCN(C)C)nc(C)n1)C2. The molecule has 1 aliphatic rings. The van der Waals surface area contributed by atoms with Gasteiger partial charge in [-0.3, -0.25) is 0 Å². The molecular weight excluding hydrogens is 314 g/mol. The number of hydrogen-bond acceptors (Lipinski definition) is 6. The third-order valence-corrected chi connectivity index (χ3v) is 4.44. The predicted octanol–water partition coefficient (Wildman–Crippen LogP) is 2.33. The van der Waals surface area contributed by atoms with Crippen LogP contribution in [-0.4, -0.2) is 55.7 Å². The van der Waals surface area contributed by atoms with Gasteiger partial charge >= 0.3 is 0 Å². The number of fused-ring (bicyclic) bond motifs is 1. The van der Waals surface area contributed by atoms with Crippen molar-refractivity contribution in [2.75, 3.05) is 51.1 Å². The number of likely N-dealkylation sites (N-methyl/N-ethyl adjacent to an activating group) is 1. The summed E-state index contributed by atoms with van der Waals surface area (Å²) in [5.74, 6) is 3.61. The van der Waals surface area contributed by atoms with E-state index in [1.807, 2.05) is 13.0 Å². The largest absolute Gasteiger partial charge is 0.497 e. The van der Waals surface area contributed by atoms with Crippen LogP contribution in [-0.2, 0) is 13.0 Å². The molecule has 2 aromatic rings. The van der Waals surface area contributed by atoms with Gasteiger partial charge in [0.2, 0.25) is 0 Å². The third-order valence-electron chi connectivity index (χ3n) is 4.44. The van der Waals surface area contributed by atoms with E-state index in [1.54, 1.807) is 7.11 Å². The molecule has 0 bridgehead atoms. The number of nitrogens with zero attached hydrogens (tertiary/aromatic N) is 4. The first-order valence-corrected chi connectivity index (χ1v) is 8.70. The van der Waals surface area contributed by atoms with Crippen LogP contribution in [0, 0.1) is 6.92 Å². The van der Waals surface area contributed by atoms with Gasteiger partial charge in [0.1, 0.15) is 23.2 Å². The smallest absolute Gasteiger partial charge is 0.134 e. The molecule has 3 rings (SSSR count). The van der Waals surface area contributed by atoms with E-state index in [1.165, 1.54) is 11.1 Å². The Bertz CT molecular complexity index is 732. The molecule has 0 saturated heterocycles. The van der Waals surface area contributed by atoms with Crippen LogP contribution in [0.2, 0.25) is 0 Å². The van der Waals surface area contributed by atoms with E-state index in [0.717, 1.165) is 55.8 Å². The number of aromatic nitrogens is 2. The lowest BCUT2D eigenvalue weighted by molar-refractivity contribution is 0.413. The molecule has 0 saturated carbocycles. The Morgan fingerprint density at radius 3 is 2.80 bits per heavy atom. The van der Waals surface area contributed by atoms with Crippen LogP contribution in [0.15, 0.2) is 24.3 Å². The maximum atomic E-state index is 5.33. The van der Waals surface area contributed by atoms with Crippen molar-refractivity contribution in [2.24, 2.45) is 0 Å². The Balaban J connectivity index is 1.74. The molecule has 25 heavy (non-hydrogen) atoms. The number of anilines is 2. The average Bonchev–Trinajstić information content (AvgIpc) is 2.60. The summed E-state index contributed by atoms with van der Waals surface area (Å²) in [4.78, 5) is 13.6. The van der Waals surface area contributed by atoms with E-state index in [9.17, 15) is 0 Å². The Morgan fingerprint density at radius 2 is 2.04 bits per heavy atom. The zero-order chi connectivity index (χ0) is 17.8. The molecule has 0 amide bonds. The lowest BCUT2D eigenvalue weighted by Gasteiger charge is -2.30. The van der Waals surface area contributed by atoms with Crippen molar-refractivity contribution < 1.29 is 4.74 Å². The van der Waals surface area contributed by atoms with Crippen LogP contribution in [0.4, 0.5) is 11.6 Å². The molecule has 2 heterocycles. The zero-order valence-corrected chi connectivity index (χ0v) is 15.5. The average molecular weight is 341 g/mol. The molecule has 0 aliphatic carbocycles. The molecule has 0 unspecified atom stereocenters. The van der Waals surface area contributed by atoms with Gasteiger partial charge in [-0.1, -0.05) is 6.07 Å². The van der Waals surface area contributed by atoms with Crippen LogP contribution in [0.25, 0.3) is 0 Å². The summed E-state index contributed by atoms with van der Waals surface area (Å²) in [6.45, 7) is 5.60. The minimum atomic E-state index is 0.797. The van der Waals surface area contributed by atoms with Gasteiger partial charge in [-0.15, -0.1) is 0 Å². The van der Waals surface area contributed by atoms with Gasteiger partial charge in [0.25, 0.3) is 0 Å². The van der Waals surface area contributed by atoms with Gasteiger partial charge in [0.15, 0.2) is 0 Å². The molecule has 1 aromatic heterocycles. The molecule has 1 aromatic carbocycles. The minimum Gasteiger partial charge on any atom is -0.497 e. The fourth-order valence-electron chi connectivity index (χ4n) is 3.06. The molecule has 1 N–H and O–H groups in total. The van der Waals surface area contributed by atoms with E-state index in [-0.39, 0.29) is 0 Å². The monoisotopic (exact) mass is 341 g/mol. The number of rotatable bonds is 6. The van der Waals surface area contributed by atoms with E-state index in [2.05, 4.69) is 57.4 Å². The van der Waals surface area contributed by atoms with Gasteiger partial charge in [-0.25, -0.2) is 9.97 Å². The highest BCUT2D eigenvalue weighted by atomic mass is 16.5. The first kappa shape index (κ1) is 17.5. The molecule has 6 heteroatoms. The Hall–Kier alpha value is -2.34. The topological polar surface area (TPSA) is 53.5 Å². The minimum absolute atomic E-state index is 0.797. The Labute approximate surface area is 149 Å². The predicted molar refractivity (Wildman–Crippen MR) is 102 cm³/mol. The van der Waals surface area contributed by atoms with Crippen molar-refractivity contribution in [1.82, 2.24) is 14.9 Å². The van der Waals surface area contributed by atoms with Gasteiger partial charge in [-0.2, -0.15) is 0 Å². The second kappa shape index (κ2) is 7.70. The van der Waals surface area contributed by atoms with Crippen molar-refractivity contribution in [1.29, 1.82) is 0 Å². The summed E-state index contributed by atoms with van der Waals surface area (Å²) in [7, 11) is 5.85. The quantitative estimate of drug-likeness (QED) is 0.870. The maximum Gasteiger partial charge on any atom is 0.134 e. The lowest BCUT2D eigenvalue weighted by Crippen LogP contribution is -2.31.